The van der Waals surface area contributed by atoms with E-state index in [1.807, 2.05) is 27.7 Å². The molecule has 2 aromatic carbocycles. The molecule has 1 saturated heterocycles. The summed E-state index contributed by atoms with van der Waals surface area (Å²) in [6.45, 7) is 7.67. The molecule has 1 saturated carbocycles. The summed E-state index contributed by atoms with van der Waals surface area (Å²) >= 11 is 1.07. The van der Waals surface area contributed by atoms with Crippen molar-refractivity contribution in [1.29, 1.82) is 0 Å². The molecule has 1 aliphatic carbocycles. The highest BCUT2D eigenvalue weighted by Crippen LogP contribution is 2.60. The molecule has 2 unspecified atom stereocenters. The Morgan fingerprint density at radius 3 is 2.57 bits per heavy atom. The van der Waals surface area contributed by atoms with Crippen LogP contribution in [0, 0.1) is 11.2 Å². The standard InChI is InChI=1S/C34H41FN4O8S2/c1-21(34(14-15-34)27-9-7-8-17-37(27)31(40)47-33(2,3)4)39-24-12-13-26(28(35)29(24)46-32(39)41)49(42,43)38(30-36-16-18-48-30)20-22-10-11-23(44-5)19-25(22)45-6/h10-13,16,18-19,21,27H,7-9,14-15,17,20H2,1-6H3. The number of carbonyl (C=O) groups excluding carboxylic acids is 1. The molecular weight excluding hydrogens is 676 g/mol. The van der Waals surface area contributed by atoms with Crippen molar-refractivity contribution in [2.24, 2.45) is 5.41 Å². The average molecular weight is 717 g/mol. The van der Waals surface area contributed by atoms with Crippen molar-refractivity contribution in [3.05, 3.63) is 63.8 Å². The minimum Gasteiger partial charge on any atom is -0.497 e. The number of aromatic nitrogens is 2. The predicted octanol–water partition coefficient (Wildman–Crippen LogP) is 6.73. The van der Waals surface area contributed by atoms with Crippen LogP contribution in [0.15, 0.2) is 56.0 Å². The summed E-state index contributed by atoms with van der Waals surface area (Å²) in [5.41, 5.74) is -0.948. The fourth-order valence-corrected chi connectivity index (χ4v) is 9.29. The molecular formula is C34H41FN4O8S2. The van der Waals surface area contributed by atoms with Crippen LogP contribution in [-0.4, -0.2) is 61.4 Å². The SMILES string of the molecule is COc1ccc(CN(c2nccs2)S(=O)(=O)c2ccc3c(oc(=O)n3C(C)C3(C4CCCCN4C(=O)OC(C)(C)C)CC3)c2F)c(OC)c1. The van der Waals surface area contributed by atoms with Crippen LogP contribution in [0.3, 0.4) is 0 Å². The van der Waals surface area contributed by atoms with E-state index in [-0.39, 0.29) is 23.2 Å². The number of nitrogens with zero attached hydrogens (tertiary/aromatic N) is 4. The van der Waals surface area contributed by atoms with Gasteiger partial charge < -0.3 is 23.5 Å². The second-order valence-electron chi connectivity index (χ2n) is 13.6. The van der Waals surface area contributed by atoms with Crippen LogP contribution in [0.25, 0.3) is 11.1 Å². The Balaban J connectivity index is 1.37. The predicted molar refractivity (Wildman–Crippen MR) is 182 cm³/mol. The van der Waals surface area contributed by atoms with Gasteiger partial charge in [-0.2, -0.15) is 0 Å². The number of rotatable bonds is 10. The van der Waals surface area contributed by atoms with Gasteiger partial charge in [0.05, 0.1) is 26.3 Å². The number of piperidine rings is 1. The number of methoxy groups -OCH3 is 2. The number of thiazole rings is 1. The van der Waals surface area contributed by atoms with E-state index in [0.717, 1.165) is 53.8 Å². The first kappa shape index (κ1) is 34.7. The van der Waals surface area contributed by atoms with E-state index < -0.39 is 55.2 Å². The van der Waals surface area contributed by atoms with Crippen LogP contribution in [0.5, 0.6) is 11.5 Å². The van der Waals surface area contributed by atoms with E-state index in [0.29, 0.717) is 23.6 Å². The molecule has 2 fully saturated rings. The molecule has 15 heteroatoms. The van der Waals surface area contributed by atoms with E-state index in [4.69, 9.17) is 18.6 Å². The summed E-state index contributed by atoms with van der Waals surface area (Å²) in [6.07, 6.45) is 5.09. The van der Waals surface area contributed by atoms with Crippen molar-refractivity contribution < 1.29 is 36.2 Å². The number of hydrogen-bond acceptors (Lipinski definition) is 10. The fraction of sp³-hybridized carbons (Fsp3) is 0.500. The van der Waals surface area contributed by atoms with E-state index in [1.54, 1.807) is 28.5 Å². The number of amides is 1. The van der Waals surface area contributed by atoms with Crippen LogP contribution in [0.2, 0.25) is 0 Å². The molecule has 1 aliphatic heterocycles. The quantitative estimate of drug-likeness (QED) is 0.175. The number of halogens is 1. The second-order valence-corrected chi connectivity index (χ2v) is 16.3. The lowest BCUT2D eigenvalue weighted by Crippen LogP contribution is -2.52. The van der Waals surface area contributed by atoms with Gasteiger partial charge in [-0.25, -0.2) is 31.7 Å². The number of benzene rings is 2. The molecule has 2 atom stereocenters. The molecule has 12 nitrogen and oxygen atoms in total. The normalized spacial score (nSPS) is 18.3. The van der Waals surface area contributed by atoms with Gasteiger partial charge in [-0.05, 0) is 84.1 Å². The molecule has 2 aromatic heterocycles. The molecule has 0 radical (unpaired) electrons. The largest absolute Gasteiger partial charge is 0.497 e. The molecule has 1 amide bonds. The molecule has 6 rings (SSSR count). The van der Waals surface area contributed by atoms with Gasteiger partial charge in [0, 0.05) is 47.3 Å². The molecule has 49 heavy (non-hydrogen) atoms. The van der Waals surface area contributed by atoms with Crippen molar-refractivity contribution >= 4 is 43.7 Å². The van der Waals surface area contributed by atoms with E-state index in [1.165, 1.54) is 31.0 Å². The third-order valence-corrected chi connectivity index (χ3v) is 12.2. The Hall–Kier alpha value is -4.11. The number of sulfonamides is 1. The Morgan fingerprint density at radius 1 is 1.18 bits per heavy atom. The molecule has 0 bridgehead atoms. The van der Waals surface area contributed by atoms with Crippen LogP contribution < -0.4 is 19.5 Å². The van der Waals surface area contributed by atoms with Gasteiger partial charge in [0.25, 0.3) is 10.0 Å². The third kappa shape index (κ3) is 6.38. The highest BCUT2D eigenvalue weighted by atomic mass is 32.2. The summed E-state index contributed by atoms with van der Waals surface area (Å²) in [5.74, 6) is -1.09. The van der Waals surface area contributed by atoms with Gasteiger partial charge in [-0.1, -0.05) is 0 Å². The van der Waals surface area contributed by atoms with Crippen LogP contribution in [-0.2, 0) is 21.3 Å². The molecule has 2 aliphatic rings. The molecule has 0 spiro atoms. The maximum absolute atomic E-state index is 16.4. The van der Waals surface area contributed by atoms with Gasteiger partial charge in [-0.3, -0.25) is 4.57 Å². The van der Waals surface area contributed by atoms with Gasteiger partial charge in [0.15, 0.2) is 16.5 Å². The van der Waals surface area contributed by atoms with Crippen molar-refractivity contribution in [2.45, 2.75) is 88.9 Å². The van der Waals surface area contributed by atoms with Gasteiger partial charge in [0.2, 0.25) is 0 Å². The highest BCUT2D eigenvalue weighted by Gasteiger charge is 2.58. The monoisotopic (exact) mass is 716 g/mol. The van der Waals surface area contributed by atoms with Crippen LogP contribution in [0.4, 0.5) is 14.3 Å². The lowest BCUT2D eigenvalue weighted by Gasteiger charge is -2.43. The Labute approximate surface area is 288 Å². The Bertz CT molecular complexity index is 2020. The number of fused-ring (bicyclic) bond motifs is 1. The smallest absolute Gasteiger partial charge is 0.420 e. The zero-order chi connectivity index (χ0) is 35.3. The zero-order valence-corrected chi connectivity index (χ0v) is 30.0. The Morgan fingerprint density at radius 2 is 1.94 bits per heavy atom. The Kier molecular flexibility index (Phi) is 9.20. The summed E-state index contributed by atoms with van der Waals surface area (Å²) in [6, 6.07) is 6.85. The van der Waals surface area contributed by atoms with E-state index >= 15 is 4.39 Å². The number of carbonyl (C=O) groups is 1. The number of hydrogen-bond donors (Lipinski definition) is 0. The average Bonchev–Trinajstić information content (AvgIpc) is 3.55. The van der Waals surface area contributed by atoms with E-state index in [2.05, 4.69) is 4.98 Å². The summed E-state index contributed by atoms with van der Waals surface area (Å²) in [5, 5.41) is 1.73. The van der Waals surface area contributed by atoms with Crippen LogP contribution in [0.1, 0.15) is 71.4 Å². The van der Waals surface area contributed by atoms with Gasteiger partial charge >= 0.3 is 11.8 Å². The molecule has 3 heterocycles. The number of likely N-dealkylation sites (tertiary alicyclic amines) is 1. The lowest BCUT2D eigenvalue weighted by atomic mass is 9.82. The maximum atomic E-state index is 16.4. The van der Waals surface area contributed by atoms with Crippen LogP contribution >= 0.6 is 11.3 Å². The minimum absolute atomic E-state index is 0.114. The highest BCUT2D eigenvalue weighted by molar-refractivity contribution is 7.93. The molecule has 0 N–H and O–H groups in total. The van der Waals surface area contributed by atoms with Crippen molar-refractivity contribution in [3.63, 3.8) is 0 Å². The summed E-state index contributed by atoms with van der Waals surface area (Å²) < 4.78 is 69.3. The first-order valence-corrected chi connectivity index (χ1v) is 18.5. The number of anilines is 1. The maximum Gasteiger partial charge on any atom is 0.420 e. The van der Waals surface area contributed by atoms with Gasteiger partial charge in [-0.15, -0.1) is 11.3 Å². The third-order valence-electron chi connectivity index (χ3n) is 9.54. The first-order chi connectivity index (χ1) is 23.2. The lowest BCUT2D eigenvalue weighted by molar-refractivity contribution is -0.00665. The minimum atomic E-state index is -4.58. The zero-order valence-electron chi connectivity index (χ0n) is 28.4. The van der Waals surface area contributed by atoms with Crippen molar-refractivity contribution in [1.82, 2.24) is 14.5 Å². The van der Waals surface area contributed by atoms with Crippen molar-refractivity contribution in [2.75, 3.05) is 25.1 Å². The number of oxazole rings is 1. The fourth-order valence-electron chi connectivity index (χ4n) is 6.97. The van der Waals surface area contributed by atoms with Gasteiger partial charge in [0.1, 0.15) is 22.0 Å². The molecule has 4 aromatic rings. The first-order valence-electron chi connectivity index (χ1n) is 16.2. The second kappa shape index (κ2) is 13.0. The van der Waals surface area contributed by atoms with Crippen molar-refractivity contribution in [3.8, 4) is 11.5 Å². The summed E-state index contributed by atoms with van der Waals surface area (Å²) in [7, 11) is -1.62. The molecule has 264 valence electrons. The topological polar surface area (TPSA) is 133 Å². The number of ether oxygens (including phenoxy) is 3. The summed E-state index contributed by atoms with van der Waals surface area (Å²) in [4.78, 5) is 32.1. The van der Waals surface area contributed by atoms with E-state index in [9.17, 15) is 18.0 Å².